The lowest BCUT2D eigenvalue weighted by molar-refractivity contribution is 0.0524. The third-order valence-corrected chi connectivity index (χ3v) is 3.81. The number of aromatic nitrogens is 4. The molecule has 0 unspecified atom stereocenters. The summed E-state index contributed by atoms with van der Waals surface area (Å²) in [5.41, 5.74) is 0.839. The molecule has 7 nitrogen and oxygen atoms in total. The Balaban J connectivity index is 2.46. The number of esters is 1. The smallest absolute Gasteiger partial charge is 0.341 e. The van der Waals surface area contributed by atoms with Gasteiger partial charge in [-0.05, 0) is 36.4 Å². The van der Waals surface area contributed by atoms with Gasteiger partial charge < -0.3 is 4.74 Å². The van der Waals surface area contributed by atoms with Crippen LogP contribution in [0.5, 0.6) is 0 Å². The molecule has 0 spiro atoms. The molecule has 0 aromatic carbocycles. The van der Waals surface area contributed by atoms with E-state index in [2.05, 4.69) is 10.1 Å². The predicted octanol–water partition coefficient (Wildman–Crippen LogP) is 1.11. The summed E-state index contributed by atoms with van der Waals surface area (Å²) < 4.78 is 8.62. The molecule has 8 heteroatoms. The second kappa shape index (κ2) is 6.37. The minimum atomic E-state index is -0.440. The van der Waals surface area contributed by atoms with Crippen LogP contribution in [-0.2, 0) is 18.3 Å². The van der Waals surface area contributed by atoms with Gasteiger partial charge in [-0.25, -0.2) is 9.78 Å². The van der Waals surface area contributed by atoms with Crippen molar-refractivity contribution >= 4 is 28.6 Å². The molecule has 0 aliphatic carbocycles. The number of hydrogen-bond acceptors (Lipinski definition) is 5. The number of hydrogen-bond donors (Lipinski definition) is 0. The van der Waals surface area contributed by atoms with Gasteiger partial charge in [0.1, 0.15) is 11.4 Å². The fraction of sp³-hybridized carbons (Fsp3) is 0.385. The summed E-state index contributed by atoms with van der Waals surface area (Å²) in [7, 11) is 1.72. The molecule has 0 amide bonds. The lowest BCUT2D eigenvalue weighted by Crippen LogP contribution is -2.27. The second-order valence-corrected chi connectivity index (χ2v) is 5.56. The first-order valence-corrected chi connectivity index (χ1v) is 7.43. The van der Waals surface area contributed by atoms with Crippen LogP contribution in [0, 0.1) is 10.5 Å². The van der Waals surface area contributed by atoms with E-state index in [-0.39, 0.29) is 18.7 Å². The van der Waals surface area contributed by atoms with Crippen LogP contribution in [0.4, 0.5) is 0 Å². The second-order valence-electron chi connectivity index (χ2n) is 4.39. The number of carbonyl (C=O) groups is 1. The Bertz CT molecular complexity index is 736. The lowest BCUT2D eigenvalue weighted by Gasteiger charge is -2.11. The van der Waals surface area contributed by atoms with Crippen molar-refractivity contribution in [2.45, 2.75) is 20.4 Å². The molecule has 2 heterocycles. The Morgan fingerprint density at radius 3 is 2.81 bits per heavy atom. The Hall–Kier alpha value is -1.71. The summed E-state index contributed by atoms with van der Waals surface area (Å²) in [5.74, 6) is 0.140. The first kappa shape index (κ1) is 15.7. The highest BCUT2D eigenvalue weighted by Gasteiger charge is 2.19. The molecule has 2 rings (SSSR count). The summed E-state index contributed by atoms with van der Waals surface area (Å²) >= 11 is 1.94. The molecule has 0 aliphatic rings. The SMILES string of the molecule is CCOC(=O)c1cnn(C)c1Cn1c(C)ncc(I)c1=O. The molecule has 0 bridgehead atoms. The fourth-order valence-electron chi connectivity index (χ4n) is 1.92. The van der Waals surface area contributed by atoms with Crippen molar-refractivity contribution < 1.29 is 9.53 Å². The topological polar surface area (TPSA) is 79.0 Å². The van der Waals surface area contributed by atoms with Crippen LogP contribution in [0.15, 0.2) is 17.2 Å². The van der Waals surface area contributed by atoms with E-state index < -0.39 is 5.97 Å². The third kappa shape index (κ3) is 3.14. The van der Waals surface area contributed by atoms with Crippen LogP contribution >= 0.6 is 22.6 Å². The number of carbonyl (C=O) groups excluding carboxylic acids is 1. The summed E-state index contributed by atoms with van der Waals surface area (Å²) in [6.45, 7) is 4.00. The zero-order valence-electron chi connectivity index (χ0n) is 12.0. The van der Waals surface area contributed by atoms with Crippen molar-refractivity contribution in [2.75, 3.05) is 6.61 Å². The number of ether oxygens (including phenoxy) is 1. The maximum Gasteiger partial charge on any atom is 0.341 e. The first-order chi connectivity index (χ1) is 9.95. The van der Waals surface area contributed by atoms with Crippen LogP contribution in [0.2, 0.25) is 0 Å². The Kier molecular flexibility index (Phi) is 4.76. The molecule has 0 N–H and O–H groups in total. The van der Waals surface area contributed by atoms with Crippen LogP contribution in [0.3, 0.4) is 0 Å². The van der Waals surface area contributed by atoms with Gasteiger partial charge in [0.05, 0.1) is 28.6 Å². The highest BCUT2D eigenvalue weighted by molar-refractivity contribution is 14.1. The maximum absolute atomic E-state index is 12.2. The molecule has 0 atom stereocenters. The standard InChI is InChI=1S/C13H15IN4O3/c1-4-21-13(20)9-5-16-17(3)11(9)7-18-8(2)15-6-10(14)12(18)19/h5-6H,4,7H2,1-3H3. The summed E-state index contributed by atoms with van der Waals surface area (Å²) in [5, 5.41) is 4.08. The minimum absolute atomic E-state index is 0.140. The molecular formula is C13H15IN4O3. The number of rotatable bonds is 4. The number of nitrogens with zero attached hydrogens (tertiary/aromatic N) is 4. The highest BCUT2D eigenvalue weighted by atomic mass is 127. The summed E-state index contributed by atoms with van der Waals surface area (Å²) in [6, 6.07) is 0. The van der Waals surface area contributed by atoms with Crippen molar-refractivity contribution in [3.05, 3.63) is 43.4 Å². The predicted molar refractivity (Wildman–Crippen MR) is 84.2 cm³/mol. The van der Waals surface area contributed by atoms with E-state index in [1.165, 1.54) is 17.0 Å². The fourth-order valence-corrected chi connectivity index (χ4v) is 2.35. The molecule has 0 aliphatic heterocycles. The molecule has 2 aromatic rings. The molecule has 0 saturated heterocycles. The molecular weight excluding hydrogens is 387 g/mol. The summed E-state index contributed by atoms with van der Waals surface area (Å²) in [6.07, 6.45) is 2.99. The van der Waals surface area contributed by atoms with E-state index in [1.54, 1.807) is 25.6 Å². The average molecular weight is 402 g/mol. The Morgan fingerprint density at radius 1 is 1.43 bits per heavy atom. The Labute approximate surface area is 135 Å². The van der Waals surface area contributed by atoms with Crippen molar-refractivity contribution in [2.24, 2.45) is 7.05 Å². The zero-order chi connectivity index (χ0) is 15.6. The van der Waals surface area contributed by atoms with Gasteiger partial charge in [0.25, 0.3) is 5.56 Å². The summed E-state index contributed by atoms with van der Waals surface area (Å²) in [4.78, 5) is 28.3. The van der Waals surface area contributed by atoms with E-state index in [9.17, 15) is 9.59 Å². The van der Waals surface area contributed by atoms with Gasteiger partial charge in [0.2, 0.25) is 0 Å². The van der Waals surface area contributed by atoms with Gasteiger partial charge in [-0.3, -0.25) is 14.0 Å². The van der Waals surface area contributed by atoms with E-state index in [0.29, 0.717) is 20.7 Å². The molecule has 0 saturated carbocycles. The van der Waals surface area contributed by atoms with E-state index in [4.69, 9.17) is 4.74 Å². The van der Waals surface area contributed by atoms with Crippen LogP contribution < -0.4 is 5.56 Å². The Morgan fingerprint density at radius 2 is 2.14 bits per heavy atom. The molecule has 112 valence electrons. The van der Waals surface area contributed by atoms with Crippen LogP contribution in [0.25, 0.3) is 0 Å². The van der Waals surface area contributed by atoms with Crippen molar-refractivity contribution in [3.63, 3.8) is 0 Å². The van der Waals surface area contributed by atoms with Gasteiger partial charge in [-0.15, -0.1) is 0 Å². The van der Waals surface area contributed by atoms with Crippen molar-refractivity contribution in [1.82, 2.24) is 19.3 Å². The first-order valence-electron chi connectivity index (χ1n) is 6.35. The number of aryl methyl sites for hydroxylation is 2. The molecule has 21 heavy (non-hydrogen) atoms. The normalized spacial score (nSPS) is 10.7. The molecule has 0 fully saturated rings. The van der Waals surface area contributed by atoms with Crippen LogP contribution in [0.1, 0.15) is 28.8 Å². The van der Waals surface area contributed by atoms with Gasteiger partial charge in [-0.2, -0.15) is 5.10 Å². The van der Waals surface area contributed by atoms with E-state index >= 15 is 0 Å². The third-order valence-electron chi connectivity index (χ3n) is 3.07. The quantitative estimate of drug-likeness (QED) is 0.566. The van der Waals surface area contributed by atoms with Gasteiger partial charge in [0.15, 0.2) is 0 Å². The molecule has 0 radical (unpaired) electrons. The van der Waals surface area contributed by atoms with Crippen LogP contribution in [-0.4, -0.2) is 31.9 Å². The van der Waals surface area contributed by atoms with E-state index in [0.717, 1.165) is 0 Å². The zero-order valence-corrected chi connectivity index (χ0v) is 14.1. The highest BCUT2D eigenvalue weighted by Crippen LogP contribution is 2.11. The largest absolute Gasteiger partial charge is 0.462 e. The minimum Gasteiger partial charge on any atom is -0.462 e. The monoisotopic (exact) mass is 402 g/mol. The van der Waals surface area contributed by atoms with Crippen molar-refractivity contribution in [1.29, 1.82) is 0 Å². The maximum atomic E-state index is 12.2. The number of halogens is 1. The molecule has 2 aromatic heterocycles. The van der Waals surface area contributed by atoms with Crippen molar-refractivity contribution in [3.8, 4) is 0 Å². The van der Waals surface area contributed by atoms with Gasteiger partial charge in [0, 0.05) is 13.2 Å². The average Bonchev–Trinajstić information content (AvgIpc) is 2.81. The lowest BCUT2D eigenvalue weighted by atomic mass is 10.2. The van der Waals surface area contributed by atoms with Gasteiger partial charge >= 0.3 is 5.97 Å². The van der Waals surface area contributed by atoms with Gasteiger partial charge in [-0.1, -0.05) is 0 Å². The van der Waals surface area contributed by atoms with E-state index in [1.807, 2.05) is 22.6 Å².